The Morgan fingerprint density at radius 1 is 1.65 bits per heavy atom. The maximum Gasteiger partial charge on any atom is 0.234 e. The van der Waals surface area contributed by atoms with Gasteiger partial charge >= 0.3 is 0 Å². The van der Waals surface area contributed by atoms with Crippen LogP contribution >= 0.6 is 11.8 Å². The van der Waals surface area contributed by atoms with E-state index in [9.17, 15) is 4.79 Å². The quantitative estimate of drug-likeness (QED) is 0.845. The topological polar surface area (TPSA) is 59.0 Å². The van der Waals surface area contributed by atoms with Gasteiger partial charge in [-0.1, -0.05) is 0 Å². The summed E-state index contributed by atoms with van der Waals surface area (Å²) in [6.07, 6.45) is 7.76. The van der Waals surface area contributed by atoms with Crippen molar-refractivity contribution < 1.29 is 4.79 Å². The summed E-state index contributed by atoms with van der Waals surface area (Å²) in [4.78, 5) is 11.4. The van der Waals surface area contributed by atoms with Gasteiger partial charge in [0.25, 0.3) is 0 Å². The Balaban J connectivity index is 1.93. The highest BCUT2D eigenvalue weighted by Crippen LogP contribution is 2.19. The summed E-state index contributed by atoms with van der Waals surface area (Å²) in [5.41, 5.74) is 0.794. The lowest BCUT2D eigenvalue weighted by Gasteiger charge is -2.22. The fraction of sp³-hybridized carbons (Fsp3) is 0.636. The van der Waals surface area contributed by atoms with Crippen LogP contribution in [0.25, 0.3) is 0 Å². The molecule has 1 amide bonds. The van der Waals surface area contributed by atoms with Crippen molar-refractivity contribution in [1.82, 2.24) is 15.1 Å². The molecule has 0 aliphatic carbocycles. The van der Waals surface area contributed by atoms with Gasteiger partial charge in [0.05, 0.1) is 23.7 Å². The number of carbonyl (C=O) groups is 1. The molecule has 0 unspecified atom stereocenters. The molecule has 17 heavy (non-hydrogen) atoms. The molecule has 0 atom stereocenters. The lowest BCUT2D eigenvalue weighted by atomic mass is 10.1. The number of rotatable bonds is 4. The molecular weight excluding hydrogens is 236 g/mol. The van der Waals surface area contributed by atoms with Gasteiger partial charge in [-0.15, -0.1) is 0 Å². The Labute approximate surface area is 105 Å². The minimum atomic E-state index is 0.0300. The predicted molar refractivity (Wildman–Crippen MR) is 70.4 cm³/mol. The Hall–Kier alpha value is -1.01. The van der Waals surface area contributed by atoms with Crippen LogP contribution in [0.4, 0.5) is 5.69 Å². The smallest absolute Gasteiger partial charge is 0.234 e. The van der Waals surface area contributed by atoms with E-state index in [0.717, 1.165) is 31.6 Å². The molecule has 2 rings (SSSR count). The lowest BCUT2D eigenvalue weighted by Crippen LogP contribution is -2.29. The second-order valence-electron chi connectivity index (χ2n) is 4.17. The molecule has 6 heteroatoms. The van der Waals surface area contributed by atoms with Crippen molar-refractivity contribution in [3.63, 3.8) is 0 Å². The molecule has 0 aromatic carbocycles. The predicted octanol–water partition coefficient (Wildman–Crippen LogP) is 1.11. The van der Waals surface area contributed by atoms with Crippen molar-refractivity contribution in [2.75, 3.05) is 30.4 Å². The molecule has 2 heterocycles. The number of thioether (sulfide) groups is 1. The number of hydrogen-bond acceptors (Lipinski definition) is 4. The second kappa shape index (κ2) is 6.07. The van der Waals surface area contributed by atoms with E-state index in [0.29, 0.717) is 11.8 Å². The monoisotopic (exact) mass is 254 g/mol. The van der Waals surface area contributed by atoms with Gasteiger partial charge in [-0.2, -0.15) is 16.9 Å². The molecular formula is C11H18N4OS. The lowest BCUT2D eigenvalue weighted by molar-refractivity contribution is -0.113. The van der Waals surface area contributed by atoms with Crippen LogP contribution in [-0.2, 0) is 4.79 Å². The minimum absolute atomic E-state index is 0.0300. The van der Waals surface area contributed by atoms with E-state index in [-0.39, 0.29) is 5.91 Å². The molecule has 2 N–H and O–H groups in total. The van der Waals surface area contributed by atoms with Gasteiger partial charge in [-0.3, -0.25) is 9.48 Å². The molecule has 0 bridgehead atoms. The standard InChI is InChI=1S/C11H18N4OS/c1-17-8-11(16)14-9-6-13-15(7-9)10-2-4-12-5-3-10/h6-7,10,12H,2-5,8H2,1H3,(H,14,16). The second-order valence-corrected chi connectivity index (χ2v) is 5.04. The van der Waals surface area contributed by atoms with Gasteiger partial charge in [0.15, 0.2) is 0 Å². The molecule has 0 radical (unpaired) electrons. The van der Waals surface area contributed by atoms with Gasteiger partial charge in [-0.25, -0.2) is 0 Å². The van der Waals surface area contributed by atoms with E-state index in [1.807, 2.05) is 17.1 Å². The number of anilines is 1. The van der Waals surface area contributed by atoms with Crippen LogP contribution in [0.5, 0.6) is 0 Å². The molecule has 1 aromatic heterocycles. The van der Waals surface area contributed by atoms with Gasteiger partial charge in [0.2, 0.25) is 5.91 Å². The first-order valence-electron chi connectivity index (χ1n) is 5.83. The summed E-state index contributed by atoms with van der Waals surface area (Å²) in [6, 6.07) is 0.461. The van der Waals surface area contributed by atoms with Crippen molar-refractivity contribution in [3.05, 3.63) is 12.4 Å². The zero-order valence-corrected chi connectivity index (χ0v) is 10.8. The third-order valence-corrected chi connectivity index (χ3v) is 3.39. The van der Waals surface area contributed by atoms with Crippen LogP contribution in [0.1, 0.15) is 18.9 Å². The normalized spacial score (nSPS) is 17.0. The molecule has 5 nitrogen and oxygen atoms in total. The highest BCUT2D eigenvalue weighted by Gasteiger charge is 2.15. The number of amides is 1. The third-order valence-electron chi connectivity index (χ3n) is 2.84. The van der Waals surface area contributed by atoms with Crippen molar-refractivity contribution in [1.29, 1.82) is 0 Å². The maximum atomic E-state index is 11.4. The first-order chi connectivity index (χ1) is 8.29. The zero-order valence-electron chi connectivity index (χ0n) is 9.98. The van der Waals surface area contributed by atoms with Crippen LogP contribution in [-0.4, -0.2) is 40.8 Å². The van der Waals surface area contributed by atoms with E-state index in [1.54, 1.807) is 6.20 Å². The van der Waals surface area contributed by atoms with E-state index >= 15 is 0 Å². The summed E-state index contributed by atoms with van der Waals surface area (Å²) in [7, 11) is 0. The molecule has 1 aromatic rings. The molecule has 0 spiro atoms. The Bertz CT molecular complexity index is 373. The first kappa shape index (κ1) is 12.4. The van der Waals surface area contributed by atoms with E-state index in [1.165, 1.54) is 11.8 Å². The Kier molecular flexibility index (Phi) is 4.44. The van der Waals surface area contributed by atoms with Crippen molar-refractivity contribution >= 4 is 23.4 Å². The number of nitrogens with one attached hydrogen (secondary N) is 2. The number of piperidine rings is 1. The highest BCUT2D eigenvalue weighted by molar-refractivity contribution is 7.99. The third kappa shape index (κ3) is 3.47. The Morgan fingerprint density at radius 2 is 2.41 bits per heavy atom. The molecule has 0 saturated carbocycles. The summed E-state index contributed by atoms with van der Waals surface area (Å²) in [5.74, 6) is 0.515. The minimum Gasteiger partial charge on any atom is -0.323 e. The SMILES string of the molecule is CSCC(=O)Nc1cnn(C2CCNCC2)c1. The first-order valence-corrected chi connectivity index (χ1v) is 7.22. The largest absolute Gasteiger partial charge is 0.323 e. The van der Waals surface area contributed by atoms with E-state index in [4.69, 9.17) is 0 Å². The van der Waals surface area contributed by atoms with Crippen molar-refractivity contribution in [3.8, 4) is 0 Å². The molecule has 1 fully saturated rings. The molecule has 1 saturated heterocycles. The van der Waals surface area contributed by atoms with Gasteiger partial charge in [0.1, 0.15) is 0 Å². The van der Waals surface area contributed by atoms with Gasteiger partial charge in [0, 0.05) is 6.20 Å². The number of carbonyl (C=O) groups excluding carboxylic acids is 1. The summed E-state index contributed by atoms with van der Waals surface area (Å²) in [6.45, 7) is 2.08. The zero-order chi connectivity index (χ0) is 12.1. The number of aromatic nitrogens is 2. The fourth-order valence-corrected chi connectivity index (χ4v) is 2.34. The van der Waals surface area contributed by atoms with Crippen LogP contribution in [0.15, 0.2) is 12.4 Å². The average molecular weight is 254 g/mol. The number of hydrogen-bond donors (Lipinski definition) is 2. The van der Waals surface area contributed by atoms with Crippen molar-refractivity contribution in [2.24, 2.45) is 0 Å². The molecule has 1 aliphatic heterocycles. The van der Waals surface area contributed by atoms with E-state index in [2.05, 4.69) is 15.7 Å². The average Bonchev–Trinajstić information content (AvgIpc) is 2.79. The van der Waals surface area contributed by atoms with Crippen LogP contribution < -0.4 is 10.6 Å². The summed E-state index contributed by atoms with van der Waals surface area (Å²) >= 11 is 1.52. The molecule has 94 valence electrons. The van der Waals surface area contributed by atoms with Crippen LogP contribution in [0.2, 0.25) is 0 Å². The van der Waals surface area contributed by atoms with Crippen LogP contribution in [0.3, 0.4) is 0 Å². The fourth-order valence-electron chi connectivity index (χ4n) is 2.00. The Morgan fingerprint density at radius 3 is 3.12 bits per heavy atom. The van der Waals surface area contributed by atoms with Gasteiger partial charge < -0.3 is 10.6 Å². The molecule has 1 aliphatic rings. The van der Waals surface area contributed by atoms with Crippen LogP contribution in [0, 0.1) is 0 Å². The van der Waals surface area contributed by atoms with Crippen molar-refractivity contribution in [2.45, 2.75) is 18.9 Å². The highest BCUT2D eigenvalue weighted by atomic mass is 32.2. The summed E-state index contributed by atoms with van der Waals surface area (Å²) in [5, 5.41) is 10.5. The maximum absolute atomic E-state index is 11.4. The van der Waals surface area contributed by atoms with Gasteiger partial charge in [-0.05, 0) is 32.2 Å². The number of nitrogens with zero attached hydrogens (tertiary/aromatic N) is 2. The van der Waals surface area contributed by atoms with E-state index < -0.39 is 0 Å². The summed E-state index contributed by atoms with van der Waals surface area (Å²) < 4.78 is 1.97.